The third-order valence-electron chi connectivity index (χ3n) is 4.64. The molecule has 6 nitrogen and oxygen atoms in total. The van der Waals surface area contributed by atoms with Crippen LogP contribution in [0.1, 0.15) is 12.6 Å². The zero-order valence-corrected chi connectivity index (χ0v) is 17.8. The van der Waals surface area contributed by atoms with Gasteiger partial charge in [0.1, 0.15) is 5.82 Å². The molecule has 2 aromatic heterocycles. The van der Waals surface area contributed by atoms with Gasteiger partial charge in [0.15, 0.2) is 11.8 Å². The van der Waals surface area contributed by atoms with Crippen LogP contribution in [-0.4, -0.2) is 44.4 Å². The topological polar surface area (TPSA) is 69.3 Å². The highest BCUT2D eigenvalue weighted by atomic mass is 35.5. The molecule has 0 amide bonds. The number of nitrogens with zero attached hydrogens (tertiary/aromatic N) is 3. The van der Waals surface area contributed by atoms with Gasteiger partial charge in [-0.05, 0) is 25.1 Å². The van der Waals surface area contributed by atoms with Crippen molar-refractivity contribution in [3.05, 3.63) is 53.2 Å². The van der Waals surface area contributed by atoms with E-state index in [1.165, 1.54) is 19.1 Å². The van der Waals surface area contributed by atoms with Gasteiger partial charge in [-0.2, -0.15) is 31.4 Å². The van der Waals surface area contributed by atoms with Crippen LogP contribution in [0.5, 0.6) is 0 Å². The number of ether oxygens (including phenoxy) is 1. The molecule has 3 rings (SSSR count). The summed E-state index contributed by atoms with van der Waals surface area (Å²) < 4.78 is 99.7. The largest absolute Gasteiger partial charge is 0.449 e. The fraction of sp³-hybridized carbons (Fsp3) is 0.300. The first-order chi connectivity index (χ1) is 15.8. The summed E-state index contributed by atoms with van der Waals surface area (Å²) in [4.78, 5) is 12.4. The molecule has 1 aromatic carbocycles. The minimum absolute atomic E-state index is 0.0638. The summed E-state index contributed by atoms with van der Waals surface area (Å²) >= 11 is 6.02. The molecular formula is C20H15ClF7N3O3. The van der Waals surface area contributed by atoms with E-state index in [1.54, 1.807) is 0 Å². The summed E-state index contributed by atoms with van der Waals surface area (Å²) in [5.74, 6) is -0.833. The van der Waals surface area contributed by atoms with E-state index >= 15 is 0 Å². The lowest BCUT2D eigenvalue weighted by atomic mass is 10.1. The third-order valence-corrected chi connectivity index (χ3v) is 4.96. The zero-order chi connectivity index (χ0) is 25.4. The van der Waals surface area contributed by atoms with Gasteiger partial charge < -0.3 is 9.84 Å². The smallest absolute Gasteiger partial charge is 0.433 e. The summed E-state index contributed by atoms with van der Waals surface area (Å²) in [5.41, 5.74) is -3.27. The molecule has 0 radical (unpaired) electrons. The molecule has 34 heavy (non-hydrogen) atoms. The van der Waals surface area contributed by atoms with Crippen LogP contribution in [0.3, 0.4) is 0 Å². The Balaban J connectivity index is 2.24. The molecule has 0 bridgehead atoms. The van der Waals surface area contributed by atoms with Gasteiger partial charge in [-0.3, -0.25) is 9.25 Å². The van der Waals surface area contributed by atoms with Crippen molar-refractivity contribution in [1.82, 2.24) is 14.3 Å². The predicted octanol–water partition coefficient (Wildman–Crippen LogP) is 5.76. The van der Waals surface area contributed by atoms with E-state index in [0.717, 1.165) is 18.3 Å². The molecule has 0 saturated heterocycles. The molecule has 0 aliphatic heterocycles. The van der Waals surface area contributed by atoms with Gasteiger partial charge in [0.2, 0.25) is 0 Å². The lowest BCUT2D eigenvalue weighted by Gasteiger charge is -2.18. The average molecular weight is 514 g/mol. The Hall–Kier alpha value is -3.06. The lowest BCUT2D eigenvalue weighted by molar-refractivity contribution is -0.209. The van der Waals surface area contributed by atoms with Gasteiger partial charge in [-0.25, -0.2) is 9.18 Å². The molecule has 0 aliphatic carbocycles. The molecule has 0 unspecified atom stereocenters. The van der Waals surface area contributed by atoms with Crippen LogP contribution in [0.2, 0.25) is 5.02 Å². The first kappa shape index (κ1) is 25.6. The number of halogens is 8. The molecule has 0 fully saturated rings. The Morgan fingerprint density at radius 3 is 2.47 bits per heavy atom. The first-order valence-corrected chi connectivity index (χ1v) is 9.85. The van der Waals surface area contributed by atoms with Gasteiger partial charge >= 0.3 is 18.4 Å². The normalized spacial score (nSPS) is 13.2. The maximum Gasteiger partial charge on any atom is 0.433 e. The van der Waals surface area contributed by atoms with Crippen LogP contribution in [0.25, 0.3) is 22.4 Å². The maximum atomic E-state index is 14.4. The van der Waals surface area contributed by atoms with Crippen molar-refractivity contribution in [2.45, 2.75) is 31.9 Å². The van der Waals surface area contributed by atoms with Crippen LogP contribution >= 0.6 is 11.6 Å². The van der Waals surface area contributed by atoms with Crippen molar-refractivity contribution in [2.24, 2.45) is 0 Å². The van der Waals surface area contributed by atoms with E-state index in [1.807, 2.05) is 0 Å². The molecule has 1 N–H and O–H groups in total. The first-order valence-electron chi connectivity index (χ1n) is 9.47. The number of benzene rings is 1. The number of carbonyl (C=O) groups excluding carboxylic acids is 1. The van der Waals surface area contributed by atoms with Crippen LogP contribution in [-0.2, 0) is 17.5 Å². The summed E-state index contributed by atoms with van der Waals surface area (Å²) in [6.07, 6.45) is -13.1. The fourth-order valence-corrected chi connectivity index (χ4v) is 3.47. The number of aliphatic hydroxyl groups excluding tert-OH is 1. The highest BCUT2D eigenvalue weighted by molar-refractivity contribution is 6.33. The maximum absolute atomic E-state index is 14.4. The Labute approximate surface area is 192 Å². The van der Waals surface area contributed by atoms with E-state index in [2.05, 4.69) is 5.10 Å². The fourth-order valence-electron chi connectivity index (χ4n) is 3.20. The second-order valence-corrected chi connectivity index (χ2v) is 7.33. The molecule has 3 aromatic rings. The van der Waals surface area contributed by atoms with Crippen molar-refractivity contribution < 1.29 is 45.4 Å². The van der Waals surface area contributed by atoms with Gasteiger partial charge in [0.05, 0.1) is 30.1 Å². The van der Waals surface area contributed by atoms with Gasteiger partial charge in [-0.1, -0.05) is 17.7 Å². The summed E-state index contributed by atoms with van der Waals surface area (Å²) in [6.45, 7) is -0.271. The van der Waals surface area contributed by atoms with E-state index in [9.17, 15) is 40.6 Å². The Morgan fingerprint density at radius 2 is 1.91 bits per heavy atom. The Bertz CT molecular complexity index is 1180. The Morgan fingerprint density at radius 1 is 1.24 bits per heavy atom. The average Bonchev–Trinajstić information content (AvgIpc) is 3.31. The van der Waals surface area contributed by atoms with E-state index in [-0.39, 0.29) is 27.4 Å². The minimum Gasteiger partial charge on any atom is -0.449 e. The molecular weight excluding hydrogens is 499 g/mol. The summed E-state index contributed by atoms with van der Waals surface area (Å²) in [5, 5.41) is 12.5. The molecule has 14 heteroatoms. The van der Waals surface area contributed by atoms with Gasteiger partial charge in [0, 0.05) is 22.9 Å². The number of aromatic nitrogens is 3. The SMILES string of the molecule is CCOC(=O)n1cc(-c2c(F)cccc2Cl)cc1-c1cnn(C[C@@H](O)C(F)(F)F)c1C(F)(F)F. The monoisotopic (exact) mass is 513 g/mol. The second kappa shape index (κ2) is 9.29. The molecule has 0 saturated carbocycles. The van der Waals surface area contributed by atoms with Crippen LogP contribution in [0, 0.1) is 5.82 Å². The highest BCUT2D eigenvalue weighted by Gasteiger charge is 2.43. The number of carbonyl (C=O) groups is 1. The quantitative estimate of drug-likeness (QED) is 0.441. The molecule has 0 spiro atoms. The molecule has 184 valence electrons. The third kappa shape index (κ3) is 5.04. The Kier molecular flexibility index (Phi) is 6.99. The lowest BCUT2D eigenvalue weighted by Crippen LogP contribution is -2.34. The van der Waals surface area contributed by atoms with Crippen molar-refractivity contribution >= 4 is 17.7 Å². The highest BCUT2D eigenvalue weighted by Crippen LogP contribution is 2.41. The van der Waals surface area contributed by atoms with E-state index < -0.39 is 53.9 Å². The summed E-state index contributed by atoms with van der Waals surface area (Å²) in [6, 6.07) is 4.65. The number of rotatable bonds is 5. The van der Waals surface area contributed by atoms with Crippen molar-refractivity contribution in [3.8, 4) is 22.4 Å². The standard InChI is InChI=1S/C20H15ClF7N3O3/c1-2-34-18(33)30-8-10(16-12(21)4-3-5-13(16)22)6-14(30)11-7-29-31(17(11)20(26,27)28)9-15(32)19(23,24)25/h3-8,15,32H,2,9H2,1H3/t15-/m1/s1. The van der Waals surface area contributed by atoms with E-state index in [0.29, 0.717) is 10.8 Å². The van der Waals surface area contributed by atoms with Gasteiger partial charge in [-0.15, -0.1) is 0 Å². The summed E-state index contributed by atoms with van der Waals surface area (Å²) in [7, 11) is 0. The van der Waals surface area contributed by atoms with Crippen LogP contribution in [0.4, 0.5) is 35.5 Å². The predicted molar refractivity (Wildman–Crippen MR) is 106 cm³/mol. The van der Waals surface area contributed by atoms with Crippen LogP contribution in [0.15, 0.2) is 36.7 Å². The number of aliphatic hydroxyl groups is 1. The van der Waals surface area contributed by atoms with E-state index in [4.69, 9.17) is 16.3 Å². The molecule has 1 atom stereocenters. The minimum atomic E-state index is -5.24. The van der Waals surface area contributed by atoms with Crippen molar-refractivity contribution in [2.75, 3.05) is 6.61 Å². The van der Waals surface area contributed by atoms with Gasteiger partial charge in [0.25, 0.3) is 0 Å². The number of alkyl halides is 6. The number of hydrogen-bond donors (Lipinski definition) is 1. The molecule has 0 aliphatic rings. The zero-order valence-electron chi connectivity index (χ0n) is 17.1. The van der Waals surface area contributed by atoms with Crippen molar-refractivity contribution in [3.63, 3.8) is 0 Å². The number of hydrogen-bond acceptors (Lipinski definition) is 4. The molecule has 2 heterocycles. The van der Waals surface area contributed by atoms with Crippen LogP contribution < -0.4 is 0 Å². The second-order valence-electron chi connectivity index (χ2n) is 6.92. The van der Waals surface area contributed by atoms with Crippen molar-refractivity contribution in [1.29, 1.82) is 0 Å².